The number of amides is 1. The fraction of sp³-hybridized carbons (Fsp3) is 0.533. The Morgan fingerprint density at radius 2 is 1.62 bits per heavy atom. The molecule has 3 rings (SSSR count). The van der Waals surface area contributed by atoms with E-state index in [0.717, 1.165) is 43.2 Å². The van der Waals surface area contributed by atoms with Gasteiger partial charge in [-0.3, -0.25) is 0 Å². The molecule has 37 heavy (non-hydrogen) atoms. The third kappa shape index (κ3) is 9.82. The highest BCUT2D eigenvalue weighted by atomic mass is 16.6. The number of hydrogen-bond acceptors (Lipinski definition) is 5. The van der Waals surface area contributed by atoms with Gasteiger partial charge >= 0.3 is 6.09 Å². The first-order chi connectivity index (χ1) is 17.5. The summed E-state index contributed by atoms with van der Waals surface area (Å²) in [7, 11) is 1.88. The quantitative estimate of drug-likeness (QED) is 0.215. The lowest BCUT2D eigenvalue weighted by Gasteiger charge is -2.36. The van der Waals surface area contributed by atoms with E-state index in [1.54, 1.807) is 20.8 Å². The van der Waals surface area contributed by atoms with Gasteiger partial charge < -0.3 is 20.3 Å². The van der Waals surface area contributed by atoms with Crippen molar-refractivity contribution in [3.05, 3.63) is 71.8 Å². The minimum atomic E-state index is -0.968. The van der Waals surface area contributed by atoms with Crippen molar-refractivity contribution >= 4 is 12.0 Å². The van der Waals surface area contributed by atoms with Crippen LogP contribution in [0.4, 0.5) is 4.79 Å². The smallest absolute Gasteiger partial charge is 0.407 e. The van der Waals surface area contributed by atoms with Crippen molar-refractivity contribution in [3.8, 4) is 0 Å². The number of quaternary nitrogens is 1. The van der Waals surface area contributed by atoms with E-state index < -0.39 is 23.8 Å². The molecule has 3 atom stereocenters. The van der Waals surface area contributed by atoms with Crippen molar-refractivity contribution in [2.75, 3.05) is 13.6 Å². The summed E-state index contributed by atoms with van der Waals surface area (Å²) in [6.07, 6.45) is 3.87. The highest BCUT2D eigenvalue weighted by molar-refractivity contribution is 5.73. The standard InChI is InChI=1S/C30H43N3O4/c1-30(2,3)37-29(36)31-26(20-23-14-8-5-9-15-23)27(34)22-33(4,21-24-16-10-6-11-17-24)32-28(35)25-18-12-7-13-19-25/h5-6,8-11,14-17,25-27,34H,7,12-13,18-22H2,1-4H3,(H-,31,32,35,36)/t26-,27-,33?/m0/s1. The first kappa shape index (κ1) is 28.7. The van der Waals surface area contributed by atoms with Crippen LogP contribution in [-0.4, -0.2) is 53.0 Å². The van der Waals surface area contributed by atoms with E-state index in [9.17, 15) is 15.0 Å². The molecule has 0 heterocycles. The van der Waals surface area contributed by atoms with Crippen LogP contribution in [-0.2, 0) is 17.7 Å². The maximum atomic E-state index is 13.2. The molecule has 2 aromatic carbocycles. The zero-order valence-corrected chi connectivity index (χ0v) is 22.7. The molecule has 0 spiro atoms. The van der Waals surface area contributed by atoms with E-state index in [1.165, 1.54) is 0 Å². The monoisotopic (exact) mass is 509 g/mol. The van der Waals surface area contributed by atoms with Crippen molar-refractivity contribution in [2.24, 2.45) is 11.0 Å². The minimum Gasteiger partial charge on any atom is -0.858 e. The van der Waals surface area contributed by atoms with Crippen LogP contribution in [0.5, 0.6) is 0 Å². The summed E-state index contributed by atoms with van der Waals surface area (Å²) >= 11 is 0. The Balaban J connectivity index is 1.85. The van der Waals surface area contributed by atoms with Crippen molar-refractivity contribution in [1.29, 1.82) is 0 Å². The topological polar surface area (TPSA) is 94.0 Å². The molecule has 1 aliphatic carbocycles. The van der Waals surface area contributed by atoms with Crippen LogP contribution in [0.25, 0.3) is 0 Å². The molecule has 2 N–H and O–H groups in total. The first-order valence-electron chi connectivity index (χ1n) is 13.4. The third-order valence-corrected chi connectivity index (χ3v) is 6.71. The fourth-order valence-corrected chi connectivity index (χ4v) is 4.93. The van der Waals surface area contributed by atoms with Gasteiger partial charge in [-0.15, -0.1) is 5.10 Å². The fourth-order valence-electron chi connectivity index (χ4n) is 4.93. The number of ether oxygens (including phenoxy) is 1. The number of rotatable bonds is 10. The number of nitrogens with one attached hydrogen (secondary N) is 1. The number of alkyl carbamates (subject to hydrolysis) is 1. The predicted molar refractivity (Wildman–Crippen MR) is 145 cm³/mol. The SMILES string of the molecule is CC(C)(C)OC(=O)N[C@@H](Cc1ccccc1)[C@@H](O)C[N+](C)(Cc1ccccc1)/N=C(\[O-])C1CCCCC1. The second-order valence-corrected chi connectivity index (χ2v) is 11.4. The van der Waals surface area contributed by atoms with Crippen molar-refractivity contribution in [1.82, 2.24) is 5.32 Å². The molecule has 0 aliphatic heterocycles. The summed E-state index contributed by atoms with van der Waals surface area (Å²) < 4.78 is 5.48. The van der Waals surface area contributed by atoms with Gasteiger partial charge in [0, 0.05) is 11.5 Å². The molecule has 1 fully saturated rings. The van der Waals surface area contributed by atoms with Crippen LogP contribution in [0.3, 0.4) is 0 Å². The molecule has 1 amide bonds. The number of nitrogens with zero attached hydrogens (tertiary/aromatic N) is 2. The van der Waals surface area contributed by atoms with E-state index in [4.69, 9.17) is 9.84 Å². The number of likely N-dealkylation sites (N-methyl/N-ethyl adjacent to an activating group) is 1. The Morgan fingerprint density at radius 3 is 2.19 bits per heavy atom. The lowest BCUT2D eigenvalue weighted by Crippen LogP contribution is -2.54. The molecule has 0 saturated heterocycles. The predicted octanol–water partition coefficient (Wildman–Crippen LogP) is 4.38. The van der Waals surface area contributed by atoms with Gasteiger partial charge in [0.05, 0.1) is 13.1 Å². The Kier molecular flexibility index (Phi) is 10.1. The summed E-state index contributed by atoms with van der Waals surface area (Å²) in [5.74, 6) is -0.149. The molecule has 0 bridgehead atoms. The number of benzene rings is 2. The maximum Gasteiger partial charge on any atom is 0.407 e. The summed E-state index contributed by atoms with van der Waals surface area (Å²) in [5.41, 5.74) is 1.35. The van der Waals surface area contributed by atoms with Crippen LogP contribution < -0.4 is 10.4 Å². The van der Waals surface area contributed by atoms with Gasteiger partial charge in [0.25, 0.3) is 0 Å². The molecule has 7 nitrogen and oxygen atoms in total. The number of hydrogen-bond donors (Lipinski definition) is 2. The zero-order valence-electron chi connectivity index (χ0n) is 22.7. The molecule has 2 aromatic rings. The van der Waals surface area contributed by atoms with Crippen LogP contribution in [0.1, 0.15) is 64.0 Å². The number of carbonyl (C=O) groups excluding carboxylic acids is 1. The van der Waals surface area contributed by atoms with Gasteiger partial charge in [-0.05, 0) is 51.5 Å². The van der Waals surface area contributed by atoms with Crippen molar-refractivity contribution in [2.45, 2.75) is 83.6 Å². The van der Waals surface area contributed by atoms with Crippen LogP contribution in [0.15, 0.2) is 65.8 Å². The van der Waals surface area contributed by atoms with Gasteiger partial charge in [-0.25, -0.2) is 4.79 Å². The van der Waals surface area contributed by atoms with Gasteiger partial charge in [-0.2, -0.15) is 4.59 Å². The van der Waals surface area contributed by atoms with Crippen molar-refractivity contribution < 1.29 is 24.3 Å². The number of carbonyl (C=O) groups is 1. The summed E-state index contributed by atoms with van der Waals surface area (Å²) in [6, 6.07) is 19.0. The van der Waals surface area contributed by atoms with E-state index >= 15 is 0 Å². The zero-order chi connectivity index (χ0) is 26.9. The van der Waals surface area contributed by atoms with Crippen LogP contribution in [0.2, 0.25) is 0 Å². The Morgan fingerprint density at radius 1 is 1.05 bits per heavy atom. The molecule has 202 valence electrons. The molecule has 1 unspecified atom stereocenters. The number of aliphatic hydroxyl groups excluding tert-OH is 1. The summed E-state index contributed by atoms with van der Waals surface area (Å²) in [6.45, 7) is 6.04. The lowest BCUT2D eigenvalue weighted by molar-refractivity contribution is -0.933. The van der Waals surface area contributed by atoms with E-state index in [1.807, 2.05) is 67.7 Å². The molecular weight excluding hydrogens is 466 g/mol. The minimum absolute atomic E-state index is 0.00179. The molecule has 7 heteroatoms. The lowest BCUT2D eigenvalue weighted by atomic mass is 9.89. The molecule has 0 radical (unpaired) electrons. The second-order valence-electron chi connectivity index (χ2n) is 11.4. The van der Waals surface area contributed by atoms with Crippen molar-refractivity contribution in [3.63, 3.8) is 0 Å². The molecule has 1 aliphatic rings. The van der Waals surface area contributed by atoms with Gasteiger partial charge in [0.15, 0.2) is 0 Å². The van der Waals surface area contributed by atoms with Gasteiger partial charge in [0.2, 0.25) is 0 Å². The average Bonchev–Trinajstić information content (AvgIpc) is 2.84. The molecular formula is C30H43N3O4. The first-order valence-corrected chi connectivity index (χ1v) is 13.4. The maximum absolute atomic E-state index is 13.2. The summed E-state index contributed by atoms with van der Waals surface area (Å²) in [4.78, 5) is 12.7. The number of aliphatic hydroxyl groups is 1. The average molecular weight is 510 g/mol. The normalized spacial score (nSPS) is 18.5. The van der Waals surface area contributed by atoms with Crippen LogP contribution >= 0.6 is 0 Å². The van der Waals surface area contributed by atoms with Gasteiger partial charge in [-0.1, -0.05) is 79.9 Å². The van der Waals surface area contributed by atoms with E-state index in [2.05, 4.69) is 5.32 Å². The largest absolute Gasteiger partial charge is 0.858 e. The van der Waals surface area contributed by atoms with Crippen LogP contribution in [0, 0.1) is 5.92 Å². The Labute approximate surface area is 221 Å². The Hall–Kier alpha value is -2.90. The Bertz CT molecular complexity index is 1000. The van der Waals surface area contributed by atoms with E-state index in [0.29, 0.717) is 13.0 Å². The molecule has 1 saturated carbocycles. The highest BCUT2D eigenvalue weighted by Crippen LogP contribution is 2.25. The third-order valence-electron chi connectivity index (χ3n) is 6.71. The summed E-state index contributed by atoms with van der Waals surface area (Å²) in [5, 5.41) is 32.3. The molecule has 0 aromatic heterocycles. The van der Waals surface area contributed by atoms with E-state index in [-0.39, 0.29) is 23.0 Å². The van der Waals surface area contributed by atoms with Gasteiger partial charge in [0.1, 0.15) is 24.8 Å². The highest BCUT2D eigenvalue weighted by Gasteiger charge is 2.33. The second kappa shape index (κ2) is 13.1.